The minimum absolute atomic E-state index is 0.646. The van der Waals surface area contributed by atoms with Gasteiger partial charge in [-0.1, -0.05) is 62.4 Å². The van der Waals surface area contributed by atoms with E-state index in [2.05, 4.69) is 76.3 Å². The Bertz CT molecular complexity index is 810. The van der Waals surface area contributed by atoms with Gasteiger partial charge in [-0.25, -0.2) is 0 Å². The molecule has 0 fully saturated rings. The number of pyridine rings is 1. The number of aromatic nitrogens is 1. The molecule has 2 heterocycles. The summed E-state index contributed by atoms with van der Waals surface area (Å²) in [5.74, 6) is 0. The van der Waals surface area contributed by atoms with Crippen LogP contribution in [0, 0.1) is 0 Å². The Hall–Kier alpha value is -1.59. The largest absolute Gasteiger partial charge is 0.340 e. The van der Waals surface area contributed by atoms with Crippen molar-refractivity contribution in [3.05, 3.63) is 86.9 Å². The number of hydrogen-bond acceptors (Lipinski definition) is 2. The van der Waals surface area contributed by atoms with E-state index in [-0.39, 0.29) is 0 Å². The molecule has 3 rings (SSSR count). The second-order valence-corrected chi connectivity index (χ2v) is 6.74. The smallest absolute Gasteiger partial charge is 0.0682 e. The van der Waals surface area contributed by atoms with E-state index in [0.717, 1.165) is 38.2 Å². The van der Waals surface area contributed by atoms with Crippen LogP contribution in [0.1, 0.15) is 31.9 Å². The van der Waals surface area contributed by atoms with E-state index in [1.807, 2.05) is 26.0 Å². The van der Waals surface area contributed by atoms with Gasteiger partial charge < -0.3 is 4.90 Å². The van der Waals surface area contributed by atoms with E-state index in [9.17, 15) is 0 Å². The lowest BCUT2D eigenvalue weighted by molar-refractivity contribution is 0.531. The molecule has 0 atom stereocenters. The molecule has 2 nitrogen and oxygen atoms in total. The van der Waals surface area contributed by atoms with Gasteiger partial charge in [-0.2, -0.15) is 0 Å². The second kappa shape index (κ2) is 9.20. The lowest BCUT2D eigenvalue weighted by atomic mass is 9.95. The first-order chi connectivity index (χ1) is 12.1. The number of rotatable bonds is 3. The van der Waals surface area contributed by atoms with E-state index in [1.54, 1.807) is 12.4 Å². The van der Waals surface area contributed by atoms with Gasteiger partial charge in [0, 0.05) is 39.4 Å². The summed E-state index contributed by atoms with van der Waals surface area (Å²) in [6.07, 6.45) is 5.64. The van der Waals surface area contributed by atoms with Crippen molar-refractivity contribution < 1.29 is 0 Å². The molecule has 130 valence electrons. The first-order valence-corrected chi connectivity index (χ1v) is 9.82. The van der Waals surface area contributed by atoms with Crippen LogP contribution in [0.3, 0.4) is 0 Å². The number of benzene rings is 1. The molecule has 1 aromatic carbocycles. The fourth-order valence-electron chi connectivity index (χ4n) is 2.73. The van der Waals surface area contributed by atoms with Crippen molar-refractivity contribution in [1.29, 1.82) is 0 Å². The third kappa shape index (κ3) is 4.15. The Labute approximate surface area is 169 Å². The first kappa shape index (κ1) is 19.7. The molecule has 4 heteroatoms. The Morgan fingerprint density at radius 2 is 1.84 bits per heavy atom. The molecule has 1 aromatic heterocycles. The minimum Gasteiger partial charge on any atom is -0.340 e. The average Bonchev–Trinajstić information content (AvgIpc) is 2.66. The number of nitrogens with zero attached hydrogens (tertiary/aromatic N) is 2. The van der Waals surface area contributed by atoms with Gasteiger partial charge in [-0.05, 0) is 47.2 Å². The van der Waals surface area contributed by atoms with Gasteiger partial charge in [-0.3, -0.25) is 4.98 Å². The van der Waals surface area contributed by atoms with Crippen LogP contribution in [0.5, 0.6) is 0 Å². The van der Waals surface area contributed by atoms with Crippen molar-refractivity contribution in [2.75, 3.05) is 6.54 Å². The molecule has 1 aliphatic heterocycles. The third-order valence-electron chi connectivity index (χ3n) is 3.83. The maximum atomic E-state index is 6.44. The first-order valence-electron chi connectivity index (χ1n) is 8.37. The second-order valence-electron chi connectivity index (χ2n) is 5.17. The Balaban J connectivity index is 0.00000109. The standard InChI is InChI=1S/C19H16ClIN2.C2H6/c1-3-23-13(2)18(21)11-16(14-7-5-4-6-8-14)19(23)15-9-10-22-12-17(15)20;1-2/h4-12H,2-3H2,1H3;1-2H3. The van der Waals surface area contributed by atoms with E-state index in [0.29, 0.717) is 5.02 Å². The highest BCUT2D eigenvalue weighted by atomic mass is 127. The van der Waals surface area contributed by atoms with Gasteiger partial charge in [0.1, 0.15) is 0 Å². The summed E-state index contributed by atoms with van der Waals surface area (Å²) >= 11 is 8.78. The molecule has 0 aliphatic carbocycles. The van der Waals surface area contributed by atoms with Gasteiger partial charge in [0.15, 0.2) is 0 Å². The summed E-state index contributed by atoms with van der Waals surface area (Å²) in [5.41, 5.74) is 5.36. The number of halogens is 2. The van der Waals surface area contributed by atoms with Crippen LogP contribution in [0.4, 0.5) is 0 Å². The summed E-state index contributed by atoms with van der Waals surface area (Å²) < 4.78 is 1.14. The zero-order valence-electron chi connectivity index (χ0n) is 14.8. The van der Waals surface area contributed by atoms with Crippen molar-refractivity contribution in [2.24, 2.45) is 0 Å². The van der Waals surface area contributed by atoms with Crippen molar-refractivity contribution in [2.45, 2.75) is 20.8 Å². The van der Waals surface area contributed by atoms with Crippen molar-refractivity contribution in [1.82, 2.24) is 9.88 Å². The van der Waals surface area contributed by atoms with Gasteiger partial charge in [0.2, 0.25) is 0 Å². The summed E-state index contributed by atoms with van der Waals surface area (Å²) in [6, 6.07) is 12.3. The van der Waals surface area contributed by atoms with Crippen molar-refractivity contribution in [3.8, 4) is 0 Å². The molecular formula is C21H22ClIN2. The summed E-state index contributed by atoms with van der Waals surface area (Å²) in [6.45, 7) is 11.2. The Morgan fingerprint density at radius 3 is 2.44 bits per heavy atom. The molecule has 0 N–H and O–H groups in total. The Morgan fingerprint density at radius 1 is 1.16 bits per heavy atom. The van der Waals surface area contributed by atoms with E-state index >= 15 is 0 Å². The molecule has 0 radical (unpaired) electrons. The molecule has 1 aliphatic rings. The van der Waals surface area contributed by atoms with E-state index in [1.165, 1.54) is 0 Å². The zero-order chi connectivity index (χ0) is 18.4. The van der Waals surface area contributed by atoms with Gasteiger partial charge in [0.05, 0.1) is 10.7 Å². The SMILES string of the molecule is C=C1C(I)=CC(c2ccccc2)=C(c2ccncc2Cl)N1CC.CC. The van der Waals surface area contributed by atoms with Crippen LogP contribution in [0.2, 0.25) is 5.02 Å². The van der Waals surface area contributed by atoms with Crippen LogP contribution in [-0.4, -0.2) is 16.4 Å². The lowest BCUT2D eigenvalue weighted by Crippen LogP contribution is -2.24. The predicted molar refractivity (Wildman–Crippen MR) is 117 cm³/mol. The lowest BCUT2D eigenvalue weighted by Gasteiger charge is -2.34. The van der Waals surface area contributed by atoms with Crippen molar-refractivity contribution >= 4 is 45.5 Å². The third-order valence-corrected chi connectivity index (χ3v) is 5.06. The number of hydrogen-bond donors (Lipinski definition) is 0. The average molecular weight is 465 g/mol. The maximum absolute atomic E-state index is 6.44. The van der Waals surface area contributed by atoms with Gasteiger partial charge >= 0.3 is 0 Å². The quantitative estimate of drug-likeness (QED) is 0.464. The predicted octanol–water partition coefficient (Wildman–Crippen LogP) is 6.80. The molecule has 0 bridgehead atoms. The van der Waals surface area contributed by atoms with Crippen LogP contribution >= 0.6 is 34.2 Å². The van der Waals surface area contributed by atoms with Crippen LogP contribution in [0.25, 0.3) is 11.3 Å². The topological polar surface area (TPSA) is 16.1 Å². The highest BCUT2D eigenvalue weighted by molar-refractivity contribution is 14.1. The fourth-order valence-corrected chi connectivity index (χ4v) is 3.54. The number of allylic oxidation sites excluding steroid dienone is 3. The highest BCUT2D eigenvalue weighted by Gasteiger charge is 2.25. The fraction of sp³-hybridized carbons (Fsp3) is 0.190. The molecule has 0 spiro atoms. The molecule has 25 heavy (non-hydrogen) atoms. The molecule has 2 aromatic rings. The molecule has 0 amide bonds. The van der Waals surface area contributed by atoms with Crippen molar-refractivity contribution in [3.63, 3.8) is 0 Å². The summed E-state index contributed by atoms with van der Waals surface area (Å²) in [7, 11) is 0. The monoisotopic (exact) mass is 464 g/mol. The maximum Gasteiger partial charge on any atom is 0.0682 e. The highest BCUT2D eigenvalue weighted by Crippen LogP contribution is 2.42. The minimum atomic E-state index is 0.646. The zero-order valence-corrected chi connectivity index (χ0v) is 17.7. The molecular weight excluding hydrogens is 443 g/mol. The Kier molecular flexibility index (Phi) is 7.26. The van der Waals surface area contributed by atoms with Crippen LogP contribution in [-0.2, 0) is 0 Å². The van der Waals surface area contributed by atoms with Gasteiger partial charge in [0.25, 0.3) is 0 Å². The number of likely N-dealkylation sites (N-methyl/N-ethyl adjacent to an activating group) is 1. The van der Waals surface area contributed by atoms with Crippen LogP contribution < -0.4 is 0 Å². The molecule has 0 saturated carbocycles. The molecule has 0 unspecified atom stereocenters. The van der Waals surface area contributed by atoms with E-state index < -0.39 is 0 Å². The summed E-state index contributed by atoms with van der Waals surface area (Å²) in [5, 5.41) is 0.646. The van der Waals surface area contributed by atoms with E-state index in [4.69, 9.17) is 11.6 Å². The molecule has 0 saturated heterocycles. The normalized spacial score (nSPS) is 14.0. The van der Waals surface area contributed by atoms with Crippen LogP contribution in [0.15, 0.2) is 70.7 Å². The summed E-state index contributed by atoms with van der Waals surface area (Å²) in [4.78, 5) is 6.32. The van der Waals surface area contributed by atoms with Gasteiger partial charge in [-0.15, -0.1) is 0 Å².